The first kappa shape index (κ1) is 27.6. The second-order valence-corrected chi connectivity index (χ2v) is 7.94. The van der Waals surface area contributed by atoms with E-state index in [-0.39, 0.29) is 24.3 Å². The van der Waals surface area contributed by atoms with Crippen LogP contribution in [0.5, 0.6) is 17.2 Å². The molecule has 8 heteroatoms. The highest BCUT2D eigenvalue weighted by Gasteiger charge is 2.33. The minimum Gasteiger partial charge on any atom is -0.493 e. The Kier molecular flexibility index (Phi) is 12.5. The maximum absolute atomic E-state index is 13.3. The smallest absolute Gasteiger partial charge is 0.243 e. The van der Waals surface area contributed by atoms with Gasteiger partial charge in [-0.2, -0.15) is 0 Å². The summed E-state index contributed by atoms with van der Waals surface area (Å²) < 4.78 is 21.5. The average Bonchev–Trinajstić information content (AvgIpc) is 2.77. The maximum Gasteiger partial charge on any atom is 0.243 e. The van der Waals surface area contributed by atoms with Crippen LogP contribution in [-0.4, -0.2) is 64.3 Å². The van der Waals surface area contributed by atoms with Crippen molar-refractivity contribution in [3.63, 3.8) is 0 Å². The molecule has 2 amide bonds. The molecular weight excluding hydrogens is 412 g/mol. The van der Waals surface area contributed by atoms with Crippen LogP contribution in [0.25, 0.3) is 0 Å². The predicted molar refractivity (Wildman–Crippen MR) is 124 cm³/mol. The zero-order valence-corrected chi connectivity index (χ0v) is 20.7. The van der Waals surface area contributed by atoms with Crippen molar-refractivity contribution in [2.24, 2.45) is 5.92 Å². The summed E-state index contributed by atoms with van der Waals surface area (Å²) in [4.78, 5) is 28.0. The summed E-state index contributed by atoms with van der Waals surface area (Å²) in [5.74, 6) is 1.14. The van der Waals surface area contributed by atoms with Gasteiger partial charge in [-0.1, -0.05) is 33.6 Å². The van der Waals surface area contributed by atoms with E-state index in [1.165, 1.54) is 7.11 Å². The lowest BCUT2D eigenvalue weighted by atomic mass is 9.99. The van der Waals surface area contributed by atoms with Crippen molar-refractivity contribution in [2.75, 3.05) is 41.6 Å². The quantitative estimate of drug-likeness (QED) is 0.411. The van der Waals surface area contributed by atoms with Crippen molar-refractivity contribution in [2.45, 2.75) is 59.0 Å². The van der Waals surface area contributed by atoms with Crippen LogP contribution in [-0.2, 0) is 20.9 Å². The highest BCUT2D eigenvalue weighted by molar-refractivity contribution is 5.88. The molecule has 32 heavy (non-hydrogen) atoms. The third-order valence-electron chi connectivity index (χ3n) is 5.28. The van der Waals surface area contributed by atoms with E-state index in [9.17, 15) is 9.59 Å². The number of nitrogens with zero attached hydrogens (tertiary/aromatic N) is 1. The molecule has 1 unspecified atom stereocenters. The van der Waals surface area contributed by atoms with E-state index in [4.69, 9.17) is 18.9 Å². The van der Waals surface area contributed by atoms with E-state index >= 15 is 0 Å². The van der Waals surface area contributed by atoms with E-state index in [0.29, 0.717) is 36.8 Å². The molecule has 0 aliphatic rings. The monoisotopic (exact) mass is 452 g/mol. The van der Waals surface area contributed by atoms with Gasteiger partial charge in [0.2, 0.25) is 17.6 Å². The Labute approximate surface area is 192 Å². The zero-order chi connectivity index (χ0) is 24.1. The van der Waals surface area contributed by atoms with Crippen LogP contribution >= 0.6 is 0 Å². The molecule has 0 aromatic heterocycles. The van der Waals surface area contributed by atoms with Crippen molar-refractivity contribution in [3.8, 4) is 17.2 Å². The SMILES string of the molecule is CCCCCC(=O)N(Cc1ccc(OC)c(OC)c1OC)C(C(=O)NCCOC)C(C)C. The van der Waals surface area contributed by atoms with Crippen LogP contribution in [0.15, 0.2) is 12.1 Å². The molecule has 0 bridgehead atoms. The van der Waals surface area contributed by atoms with Gasteiger partial charge in [0.1, 0.15) is 6.04 Å². The largest absolute Gasteiger partial charge is 0.493 e. The van der Waals surface area contributed by atoms with Gasteiger partial charge in [-0.25, -0.2) is 0 Å². The Morgan fingerprint density at radius 2 is 1.69 bits per heavy atom. The van der Waals surface area contributed by atoms with E-state index in [1.807, 2.05) is 19.9 Å². The lowest BCUT2D eigenvalue weighted by molar-refractivity contribution is -0.143. The molecule has 182 valence electrons. The number of methoxy groups -OCH3 is 4. The fraction of sp³-hybridized carbons (Fsp3) is 0.667. The second-order valence-electron chi connectivity index (χ2n) is 7.94. The van der Waals surface area contributed by atoms with Gasteiger partial charge in [0, 0.05) is 25.6 Å². The Balaban J connectivity index is 3.34. The topological polar surface area (TPSA) is 86.3 Å². The summed E-state index contributed by atoms with van der Waals surface area (Å²) in [5.41, 5.74) is 0.740. The minimum absolute atomic E-state index is 0.0594. The molecule has 0 aliphatic carbocycles. The zero-order valence-electron chi connectivity index (χ0n) is 20.7. The van der Waals surface area contributed by atoms with Crippen molar-refractivity contribution in [1.29, 1.82) is 0 Å². The van der Waals surface area contributed by atoms with Gasteiger partial charge in [-0.3, -0.25) is 9.59 Å². The first-order chi connectivity index (χ1) is 15.4. The number of hydrogen-bond donors (Lipinski definition) is 1. The van der Waals surface area contributed by atoms with Crippen LogP contribution in [0, 0.1) is 5.92 Å². The molecular formula is C24H40N2O6. The third-order valence-corrected chi connectivity index (χ3v) is 5.28. The number of hydrogen-bond acceptors (Lipinski definition) is 6. The van der Waals surface area contributed by atoms with Gasteiger partial charge >= 0.3 is 0 Å². The van der Waals surface area contributed by atoms with Crippen LogP contribution in [0.1, 0.15) is 52.0 Å². The summed E-state index contributed by atoms with van der Waals surface area (Å²) in [7, 11) is 6.22. The molecule has 0 aliphatic heterocycles. The van der Waals surface area contributed by atoms with Gasteiger partial charge in [0.15, 0.2) is 11.5 Å². The van der Waals surface area contributed by atoms with E-state index in [1.54, 1.807) is 32.3 Å². The molecule has 1 aromatic carbocycles. The number of unbranched alkanes of at least 4 members (excludes halogenated alkanes) is 2. The lowest BCUT2D eigenvalue weighted by Crippen LogP contribution is -2.52. The third kappa shape index (κ3) is 7.58. The fourth-order valence-electron chi connectivity index (χ4n) is 3.67. The summed E-state index contributed by atoms with van der Waals surface area (Å²) >= 11 is 0. The molecule has 1 N–H and O–H groups in total. The highest BCUT2D eigenvalue weighted by atomic mass is 16.5. The number of carbonyl (C=O) groups excluding carboxylic acids is 2. The first-order valence-electron chi connectivity index (χ1n) is 11.2. The molecule has 0 heterocycles. The molecule has 0 spiro atoms. The normalized spacial score (nSPS) is 11.8. The molecule has 1 aromatic rings. The fourth-order valence-corrected chi connectivity index (χ4v) is 3.67. The minimum atomic E-state index is -0.626. The Morgan fingerprint density at radius 1 is 1.00 bits per heavy atom. The average molecular weight is 453 g/mol. The molecule has 0 saturated heterocycles. The lowest BCUT2D eigenvalue weighted by Gasteiger charge is -2.34. The van der Waals surface area contributed by atoms with Gasteiger partial charge < -0.3 is 29.2 Å². The Hall–Kier alpha value is -2.48. The number of nitrogens with one attached hydrogen (secondary N) is 1. The van der Waals surface area contributed by atoms with Crippen molar-refractivity contribution in [3.05, 3.63) is 17.7 Å². The number of rotatable bonds is 15. The highest BCUT2D eigenvalue weighted by Crippen LogP contribution is 2.40. The van der Waals surface area contributed by atoms with Gasteiger partial charge in [0.05, 0.1) is 34.5 Å². The predicted octanol–water partition coefficient (Wildman–Crippen LogP) is 3.41. The molecule has 1 rings (SSSR count). The van der Waals surface area contributed by atoms with Crippen LogP contribution in [0.3, 0.4) is 0 Å². The Bertz CT molecular complexity index is 723. The summed E-state index contributed by atoms with van der Waals surface area (Å²) in [6.45, 7) is 6.99. The number of carbonyl (C=O) groups is 2. The van der Waals surface area contributed by atoms with Gasteiger partial charge in [-0.15, -0.1) is 0 Å². The van der Waals surface area contributed by atoms with Crippen LogP contribution in [0.2, 0.25) is 0 Å². The molecule has 8 nitrogen and oxygen atoms in total. The van der Waals surface area contributed by atoms with E-state index in [2.05, 4.69) is 12.2 Å². The van der Waals surface area contributed by atoms with E-state index in [0.717, 1.165) is 24.8 Å². The van der Waals surface area contributed by atoms with Crippen molar-refractivity contribution < 1.29 is 28.5 Å². The first-order valence-corrected chi connectivity index (χ1v) is 11.2. The van der Waals surface area contributed by atoms with Gasteiger partial charge in [-0.05, 0) is 24.5 Å². The summed E-state index contributed by atoms with van der Waals surface area (Å²) in [6.07, 6.45) is 3.15. The van der Waals surface area contributed by atoms with Crippen LogP contribution in [0.4, 0.5) is 0 Å². The van der Waals surface area contributed by atoms with Crippen molar-refractivity contribution >= 4 is 11.8 Å². The summed E-state index contributed by atoms with van der Waals surface area (Å²) in [6, 6.07) is 2.99. The summed E-state index contributed by atoms with van der Waals surface area (Å²) in [5, 5.41) is 2.89. The van der Waals surface area contributed by atoms with Crippen molar-refractivity contribution in [1.82, 2.24) is 10.2 Å². The Morgan fingerprint density at radius 3 is 2.22 bits per heavy atom. The number of ether oxygens (including phenoxy) is 4. The van der Waals surface area contributed by atoms with E-state index < -0.39 is 6.04 Å². The molecule has 0 radical (unpaired) electrons. The standard InChI is InChI=1S/C24H40N2O6/c1-8-9-10-11-20(27)26(21(17(2)3)24(28)25-14-15-29-4)16-18-12-13-19(30-5)23(32-7)22(18)31-6/h12-13,17,21H,8-11,14-16H2,1-7H3,(H,25,28). The second kappa shape index (κ2) is 14.6. The maximum atomic E-state index is 13.3. The van der Waals surface area contributed by atoms with Gasteiger partial charge in [0.25, 0.3) is 0 Å². The number of benzene rings is 1. The molecule has 0 saturated carbocycles. The molecule has 1 atom stereocenters. The van der Waals surface area contributed by atoms with Crippen LogP contribution < -0.4 is 19.5 Å². The molecule has 0 fully saturated rings. The number of amides is 2.